The zero-order valence-electron chi connectivity index (χ0n) is 18.2. The van der Waals surface area contributed by atoms with E-state index in [4.69, 9.17) is 9.72 Å². The van der Waals surface area contributed by atoms with Crippen LogP contribution in [-0.2, 0) is 17.8 Å². The minimum Gasteiger partial charge on any atom is -0.493 e. The first kappa shape index (κ1) is 21.9. The van der Waals surface area contributed by atoms with Gasteiger partial charge >= 0.3 is 0 Å². The van der Waals surface area contributed by atoms with Crippen LogP contribution in [-0.4, -0.2) is 28.6 Å². The minimum absolute atomic E-state index is 0.0446. The third kappa shape index (κ3) is 6.34. The molecule has 0 aliphatic carbocycles. The Balaban J connectivity index is 1.50. The molecule has 0 fully saturated rings. The second kappa shape index (κ2) is 11.4. The van der Waals surface area contributed by atoms with Crippen molar-refractivity contribution in [1.82, 2.24) is 14.9 Å². The first-order chi connectivity index (χ1) is 14.6. The highest BCUT2D eigenvalue weighted by Gasteiger charge is 2.10. The van der Waals surface area contributed by atoms with Crippen LogP contribution < -0.4 is 10.1 Å². The van der Waals surface area contributed by atoms with Crippen LogP contribution >= 0.6 is 0 Å². The molecule has 2 aromatic carbocycles. The third-order valence-electron chi connectivity index (χ3n) is 5.31. The molecule has 5 nitrogen and oxygen atoms in total. The lowest BCUT2D eigenvalue weighted by Crippen LogP contribution is -2.20. The number of carbonyl (C=O) groups excluding carboxylic acids is 1. The van der Waals surface area contributed by atoms with Gasteiger partial charge in [-0.05, 0) is 56.4 Å². The molecule has 0 unspecified atom stereocenters. The average Bonchev–Trinajstić information content (AvgIpc) is 3.09. The quantitative estimate of drug-likeness (QED) is 0.427. The lowest BCUT2D eigenvalue weighted by atomic mass is 10.2. The Bertz CT molecular complexity index is 948. The smallest absolute Gasteiger partial charge is 0.216 e. The van der Waals surface area contributed by atoms with E-state index in [2.05, 4.69) is 41.1 Å². The highest BCUT2D eigenvalue weighted by Crippen LogP contribution is 2.20. The molecule has 1 N–H and O–H groups in total. The van der Waals surface area contributed by atoms with Gasteiger partial charge in [0.05, 0.1) is 17.6 Å². The topological polar surface area (TPSA) is 56.2 Å². The number of nitrogens with one attached hydrogen (secondary N) is 1. The summed E-state index contributed by atoms with van der Waals surface area (Å²) in [5, 5.41) is 2.86. The predicted molar refractivity (Wildman–Crippen MR) is 122 cm³/mol. The van der Waals surface area contributed by atoms with E-state index in [1.165, 1.54) is 11.1 Å². The molecule has 30 heavy (non-hydrogen) atoms. The molecule has 0 saturated heterocycles. The van der Waals surface area contributed by atoms with Crippen LogP contribution in [0.4, 0.5) is 0 Å². The number of rotatable bonds is 12. The number of ether oxygens (including phenoxy) is 1. The maximum Gasteiger partial charge on any atom is 0.216 e. The summed E-state index contributed by atoms with van der Waals surface area (Å²) in [6, 6.07) is 16.5. The van der Waals surface area contributed by atoms with E-state index in [0.29, 0.717) is 0 Å². The number of unbranched alkanes of at least 4 members (excludes halogenated alkanes) is 3. The van der Waals surface area contributed by atoms with Crippen molar-refractivity contribution in [2.45, 2.75) is 58.9 Å². The third-order valence-corrected chi connectivity index (χ3v) is 5.31. The van der Waals surface area contributed by atoms with Crippen molar-refractivity contribution in [1.29, 1.82) is 0 Å². The Kier molecular flexibility index (Phi) is 8.30. The number of amides is 1. The van der Waals surface area contributed by atoms with Crippen molar-refractivity contribution in [3.05, 3.63) is 59.9 Å². The molecular formula is C25H33N3O2. The zero-order valence-corrected chi connectivity index (χ0v) is 18.2. The summed E-state index contributed by atoms with van der Waals surface area (Å²) >= 11 is 0. The van der Waals surface area contributed by atoms with Gasteiger partial charge in [-0.1, -0.05) is 36.8 Å². The number of imidazole rings is 1. The van der Waals surface area contributed by atoms with E-state index in [0.717, 1.165) is 75.3 Å². The monoisotopic (exact) mass is 407 g/mol. The van der Waals surface area contributed by atoms with Crippen LogP contribution in [0.1, 0.15) is 50.4 Å². The molecule has 0 aliphatic heterocycles. The Labute approximate surface area is 179 Å². The highest BCUT2D eigenvalue weighted by atomic mass is 16.5. The van der Waals surface area contributed by atoms with Crippen LogP contribution in [0.25, 0.3) is 11.0 Å². The van der Waals surface area contributed by atoms with E-state index in [9.17, 15) is 4.79 Å². The van der Waals surface area contributed by atoms with Crippen LogP contribution in [0.5, 0.6) is 5.75 Å². The zero-order chi connectivity index (χ0) is 21.2. The lowest BCUT2D eigenvalue weighted by molar-refractivity contribution is -0.118. The summed E-state index contributed by atoms with van der Waals surface area (Å²) in [7, 11) is 0. The maximum absolute atomic E-state index is 11.0. The van der Waals surface area contributed by atoms with Gasteiger partial charge in [0.1, 0.15) is 11.6 Å². The fourth-order valence-electron chi connectivity index (χ4n) is 3.69. The number of carbonyl (C=O) groups is 1. The fraction of sp³-hybridized carbons (Fsp3) is 0.440. The molecule has 1 heterocycles. The van der Waals surface area contributed by atoms with Crippen molar-refractivity contribution >= 4 is 16.9 Å². The van der Waals surface area contributed by atoms with Crippen LogP contribution in [0.3, 0.4) is 0 Å². The van der Waals surface area contributed by atoms with Crippen molar-refractivity contribution in [3.8, 4) is 5.75 Å². The van der Waals surface area contributed by atoms with Gasteiger partial charge in [0, 0.05) is 26.4 Å². The molecule has 0 atom stereocenters. The van der Waals surface area contributed by atoms with Crippen molar-refractivity contribution in [2.24, 2.45) is 0 Å². The Morgan fingerprint density at radius 1 is 1.00 bits per heavy atom. The van der Waals surface area contributed by atoms with Crippen LogP contribution in [0.15, 0.2) is 48.5 Å². The molecule has 5 heteroatoms. The van der Waals surface area contributed by atoms with Gasteiger partial charge in [-0.2, -0.15) is 0 Å². The predicted octanol–water partition coefficient (Wildman–Crippen LogP) is 5.05. The summed E-state index contributed by atoms with van der Waals surface area (Å²) in [4.78, 5) is 15.8. The number of fused-ring (bicyclic) bond motifs is 1. The number of para-hydroxylation sites is 3. The van der Waals surface area contributed by atoms with Gasteiger partial charge in [-0.3, -0.25) is 4.79 Å². The SMILES string of the molecule is CC(=O)NCCCCCc1nc2ccccc2n1CCCCOc1ccccc1C. The van der Waals surface area contributed by atoms with E-state index in [1.54, 1.807) is 6.92 Å². The molecule has 3 rings (SSSR count). The molecule has 0 aliphatic rings. The summed E-state index contributed by atoms with van der Waals surface area (Å²) < 4.78 is 8.31. The minimum atomic E-state index is 0.0446. The largest absolute Gasteiger partial charge is 0.493 e. The van der Waals surface area contributed by atoms with Crippen molar-refractivity contribution in [3.63, 3.8) is 0 Å². The molecular weight excluding hydrogens is 374 g/mol. The van der Waals surface area contributed by atoms with E-state index < -0.39 is 0 Å². The van der Waals surface area contributed by atoms with Gasteiger partial charge in [0.2, 0.25) is 5.91 Å². The first-order valence-electron chi connectivity index (χ1n) is 11.0. The second-order valence-electron chi connectivity index (χ2n) is 7.78. The van der Waals surface area contributed by atoms with E-state index >= 15 is 0 Å². The lowest BCUT2D eigenvalue weighted by Gasteiger charge is -2.11. The van der Waals surface area contributed by atoms with Gasteiger partial charge in [0.15, 0.2) is 0 Å². The van der Waals surface area contributed by atoms with Crippen molar-refractivity contribution in [2.75, 3.05) is 13.2 Å². The Hall–Kier alpha value is -2.82. The molecule has 1 aromatic heterocycles. The van der Waals surface area contributed by atoms with Crippen LogP contribution in [0.2, 0.25) is 0 Å². The number of benzene rings is 2. The van der Waals surface area contributed by atoms with Gasteiger partial charge < -0.3 is 14.6 Å². The molecule has 0 bridgehead atoms. The molecule has 0 saturated carbocycles. The van der Waals surface area contributed by atoms with Crippen LogP contribution in [0, 0.1) is 6.92 Å². The Morgan fingerprint density at radius 3 is 2.63 bits per heavy atom. The number of aryl methyl sites for hydroxylation is 3. The first-order valence-corrected chi connectivity index (χ1v) is 11.0. The number of hydrogen-bond acceptors (Lipinski definition) is 3. The summed E-state index contributed by atoms with van der Waals surface area (Å²) in [6.45, 7) is 6.09. The summed E-state index contributed by atoms with van der Waals surface area (Å²) in [5.41, 5.74) is 3.46. The number of nitrogens with zero attached hydrogens (tertiary/aromatic N) is 2. The number of aromatic nitrogens is 2. The van der Waals surface area contributed by atoms with Gasteiger partial charge in [-0.25, -0.2) is 4.98 Å². The van der Waals surface area contributed by atoms with E-state index in [-0.39, 0.29) is 5.91 Å². The van der Waals surface area contributed by atoms with Gasteiger partial charge in [-0.15, -0.1) is 0 Å². The molecule has 1 amide bonds. The van der Waals surface area contributed by atoms with Gasteiger partial charge in [0.25, 0.3) is 0 Å². The molecule has 0 spiro atoms. The maximum atomic E-state index is 11.0. The molecule has 160 valence electrons. The fourth-order valence-corrected chi connectivity index (χ4v) is 3.69. The van der Waals surface area contributed by atoms with Crippen molar-refractivity contribution < 1.29 is 9.53 Å². The normalized spacial score (nSPS) is 11.0. The number of hydrogen-bond donors (Lipinski definition) is 1. The summed E-state index contributed by atoms with van der Waals surface area (Å²) in [5.74, 6) is 2.18. The Morgan fingerprint density at radius 2 is 1.80 bits per heavy atom. The standard InChI is InChI=1S/C25H33N3O2/c1-20-12-5-8-15-24(20)30-19-11-10-18-28-23-14-7-6-13-22(23)27-25(28)16-4-3-9-17-26-21(2)29/h5-8,12-15H,3-4,9-11,16-19H2,1-2H3,(H,26,29). The summed E-state index contributed by atoms with van der Waals surface area (Å²) in [6.07, 6.45) is 6.22. The average molecular weight is 408 g/mol. The molecule has 0 radical (unpaired) electrons. The second-order valence-corrected chi connectivity index (χ2v) is 7.78. The highest BCUT2D eigenvalue weighted by molar-refractivity contribution is 5.75. The molecule has 3 aromatic rings. The van der Waals surface area contributed by atoms with E-state index in [1.807, 2.05) is 24.3 Å².